The highest BCUT2D eigenvalue weighted by atomic mass is 19.1. The number of rotatable bonds is 12. The van der Waals surface area contributed by atoms with Crippen molar-refractivity contribution in [1.82, 2.24) is 10.2 Å². The maximum atomic E-state index is 13.2. The maximum Gasteiger partial charge on any atom is 0.242 e. The quantitative estimate of drug-likeness (QED) is 0.518. The molecule has 0 unspecified atom stereocenters. The van der Waals surface area contributed by atoms with Crippen LogP contribution in [-0.2, 0) is 16.1 Å². The van der Waals surface area contributed by atoms with E-state index in [1.54, 1.807) is 26.2 Å². The van der Waals surface area contributed by atoms with Gasteiger partial charge in [-0.15, -0.1) is 0 Å². The van der Waals surface area contributed by atoms with Gasteiger partial charge in [-0.1, -0.05) is 19.1 Å². The van der Waals surface area contributed by atoms with Crippen LogP contribution in [-0.4, -0.2) is 43.0 Å². The van der Waals surface area contributed by atoms with E-state index in [-0.39, 0.29) is 30.6 Å². The predicted octanol–water partition coefficient (Wildman–Crippen LogP) is 3.94. The zero-order valence-electron chi connectivity index (χ0n) is 18.4. The Bertz CT molecular complexity index is 824. The van der Waals surface area contributed by atoms with Gasteiger partial charge in [0, 0.05) is 19.5 Å². The van der Waals surface area contributed by atoms with Gasteiger partial charge in [-0.3, -0.25) is 9.59 Å². The largest absolute Gasteiger partial charge is 0.497 e. The molecule has 0 aromatic heterocycles. The molecule has 0 aliphatic carbocycles. The molecule has 2 amide bonds. The molecule has 0 aliphatic rings. The summed E-state index contributed by atoms with van der Waals surface area (Å²) in [7, 11) is 1.60. The van der Waals surface area contributed by atoms with E-state index in [4.69, 9.17) is 9.47 Å². The molecule has 168 valence electrons. The summed E-state index contributed by atoms with van der Waals surface area (Å²) < 4.78 is 24.0. The first kappa shape index (κ1) is 24.2. The summed E-state index contributed by atoms with van der Waals surface area (Å²) in [5.74, 6) is 0.748. The third kappa shape index (κ3) is 7.92. The molecule has 0 fully saturated rings. The molecular formula is C24H31FN2O4. The standard InChI is InChI=1S/C24H31FN2O4/c1-4-15-26-24(29)18(2)27(17-19-7-9-20(25)10-8-19)23(28)6-5-16-31-22-13-11-21(30-3)12-14-22/h7-14,18H,4-6,15-17H2,1-3H3,(H,26,29)/t18-/m0/s1. The van der Waals surface area contributed by atoms with Crippen LogP contribution in [0, 0.1) is 5.82 Å². The molecule has 2 aromatic rings. The Labute approximate surface area is 183 Å². The van der Waals surface area contributed by atoms with Crippen molar-refractivity contribution in [3.63, 3.8) is 0 Å². The first-order valence-electron chi connectivity index (χ1n) is 10.5. The third-order valence-corrected chi connectivity index (χ3v) is 4.85. The molecule has 0 saturated carbocycles. The van der Waals surface area contributed by atoms with Crippen molar-refractivity contribution in [2.45, 2.75) is 45.7 Å². The average molecular weight is 431 g/mol. The smallest absolute Gasteiger partial charge is 0.242 e. The molecule has 7 heteroatoms. The van der Waals surface area contributed by atoms with E-state index in [0.29, 0.717) is 25.3 Å². The molecule has 6 nitrogen and oxygen atoms in total. The summed E-state index contributed by atoms with van der Waals surface area (Å²) in [4.78, 5) is 26.9. The molecule has 2 rings (SSSR count). The van der Waals surface area contributed by atoms with E-state index >= 15 is 0 Å². The van der Waals surface area contributed by atoms with E-state index in [9.17, 15) is 14.0 Å². The van der Waals surface area contributed by atoms with Crippen LogP contribution in [0.25, 0.3) is 0 Å². The van der Waals surface area contributed by atoms with Gasteiger partial charge in [0.2, 0.25) is 11.8 Å². The molecule has 1 atom stereocenters. The number of nitrogens with one attached hydrogen (secondary N) is 1. The van der Waals surface area contributed by atoms with Gasteiger partial charge in [0.25, 0.3) is 0 Å². The fourth-order valence-electron chi connectivity index (χ4n) is 2.99. The highest BCUT2D eigenvalue weighted by molar-refractivity contribution is 5.87. The third-order valence-electron chi connectivity index (χ3n) is 4.85. The number of nitrogens with zero attached hydrogens (tertiary/aromatic N) is 1. The fourth-order valence-corrected chi connectivity index (χ4v) is 2.99. The van der Waals surface area contributed by atoms with Gasteiger partial charge in [0.15, 0.2) is 0 Å². The molecule has 0 heterocycles. The van der Waals surface area contributed by atoms with Crippen molar-refractivity contribution in [3.05, 3.63) is 59.9 Å². The molecule has 0 spiro atoms. The number of ether oxygens (including phenoxy) is 2. The zero-order valence-corrected chi connectivity index (χ0v) is 18.4. The summed E-state index contributed by atoms with van der Waals surface area (Å²) in [6.45, 7) is 4.84. The monoisotopic (exact) mass is 430 g/mol. The number of amides is 2. The second-order valence-corrected chi connectivity index (χ2v) is 7.24. The lowest BCUT2D eigenvalue weighted by Crippen LogP contribution is -2.47. The summed E-state index contributed by atoms with van der Waals surface area (Å²) >= 11 is 0. The van der Waals surface area contributed by atoms with Crippen LogP contribution < -0.4 is 14.8 Å². The first-order valence-corrected chi connectivity index (χ1v) is 10.5. The number of hydrogen-bond acceptors (Lipinski definition) is 4. The number of halogens is 1. The second kappa shape index (κ2) is 12.6. The lowest BCUT2D eigenvalue weighted by molar-refractivity contribution is -0.140. The number of carbonyl (C=O) groups excluding carboxylic acids is 2. The van der Waals surface area contributed by atoms with Crippen LogP contribution in [0.3, 0.4) is 0 Å². The summed E-state index contributed by atoms with van der Waals surface area (Å²) in [6.07, 6.45) is 1.56. The minimum absolute atomic E-state index is 0.151. The Balaban J connectivity index is 1.95. The van der Waals surface area contributed by atoms with Crippen molar-refractivity contribution in [2.75, 3.05) is 20.3 Å². The van der Waals surface area contributed by atoms with E-state index in [0.717, 1.165) is 17.7 Å². The summed E-state index contributed by atoms with van der Waals surface area (Å²) in [5, 5.41) is 2.83. The van der Waals surface area contributed by atoms with Crippen LogP contribution in [0.1, 0.15) is 38.7 Å². The normalized spacial score (nSPS) is 11.5. The molecule has 2 aromatic carbocycles. The summed E-state index contributed by atoms with van der Waals surface area (Å²) in [5.41, 5.74) is 0.763. The lowest BCUT2D eigenvalue weighted by Gasteiger charge is -2.29. The minimum atomic E-state index is -0.633. The molecule has 1 N–H and O–H groups in total. The number of methoxy groups -OCH3 is 1. The van der Waals surface area contributed by atoms with Crippen molar-refractivity contribution in [3.8, 4) is 11.5 Å². The van der Waals surface area contributed by atoms with Gasteiger partial charge < -0.3 is 19.7 Å². The SMILES string of the molecule is CCCNC(=O)[C@H](C)N(Cc1ccc(F)cc1)C(=O)CCCOc1ccc(OC)cc1. The molecule has 0 aliphatic heterocycles. The van der Waals surface area contributed by atoms with Gasteiger partial charge in [-0.25, -0.2) is 4.39 Å². The number of carbonyl (C=O) groups is 2. The van der Waals surface area contributed by atoms with Crippen molar-refractivity contribution >= 4 is 11.8 Å². The van der Waals surface area contributed by atoms with Crippen molar-refractivity contribution in [1.29, 1.82) is 0 Å². The topological polar surface area (TPSA) is 67.9 Å². The maximum absolute atomic E-state index is 13.2. The molecular weight excluding hydrogens is 399 g/mol. The lowest BCUT2D eigenvalue weighted by atomic mass is 10.1. The molecule has 31 heavy (non-hydrogen) atoms. The molecule has 0 bridgehead atoms. The van der Waals surface area contributed by atoms with Gasteiger partial charge in [0.05, 0.1) is 13.7 Å². The van der Waals surface area contributed by atoms with Gasteiger partial charge >= 0.3 is 0 Å². The molecule has 0 radical (unpaired) electrons. The second-order valence-electron chi connectivity index (χ2n) is 7.24. The van der Waals surface area contributed by atoms with Crippen molar-refractivity contribution in [2.24, 2.45) is 0 Å². The highest BCUT2D eigenvalue weighted by Crippen LogP contribution is 2.18. The van der Waals surface area contributed by atoms with E-state index in [2.05, 4.69) is 5.32 Å². The summed E-state index contributed by atoms with van der Waals surface area (Å²) in [6, 6.07) is 12.5. The predicted molar refractivity (Wildman–Crippen MR) is 117 cm³/mol. The van der Waals surface area contributed by atoms with E-state index in [1.165, 1.54) is 17.0 Å². The van der Waals surface area contributed by atoms with Crippen LogP contribution in [0.5, 0.6) is 11.5 Å². The van der Waals surface area contributed by atoms with Crippen LogP contribution in [0.2, 0.25) is 0 Å². The van der Waals surface area contributed by atoms with Crippen molar-refractivity contribution < 1.29 is 23.5 Å². The van der Waals surface area contributed by atoms with Gasteiger partial charge in [-0.2, -0.15) is 0 Å². The number of hydrogen-bond donors (Lipinski definition) is 1. The number of benzene rings is 2. The van der Waals surface area contributed by atoms with Crippen LogP contribution in [0.4, 0.5) is 4.39 Å². The Morgan fingerprint density at radius 1 is 1.06 bits per heavy atom. The Morgan fingerprint density at radius 3 is 2.32 bits per heavy atom. The minimum Gasteiger partial charge on any atom is -0.497 e. The molecule has 0 saturated heterocycles. The average Bonchev–Trinajstić information content (AvgIpc) is 2.79. The zero-order chi connectivity index (χ0) is 22.6. The van der Waals surface area contributed by atoms with E-state index in [1.807, 2.05) is 31.2 Å². The van der Waals surface area contributed by atoms with E-state index < -0.39 is 6.04 Å². The van der Waals surface area contributed by atoms with Crippen LogP contribution >= 0.6 is 0 Å². The van der Waals surface area contributed by atoms with Crippen LogP contribution in [0.15, 0.2) is 48.5 Å². The Kier molecular flexibility index (Phi) is 9.81. The Hall–Kier alpha value is -3.09. The fraction of sp³-hybridized carbons (Fsp3) is 0.417. The van der Waals surface area contributed by atoms with Gasteiger partial charge in [0.1, 0.15) is 23.4 Å². The first-order chi connectivity index (χ1) is 14.9. The Morgan fingerprint density at radius 2 is 1.71 bits per heavy atom. The van der Waals surface area contributed by atoms with Gasteiger partial charge in [-0.05, 0) is 61.7 Å². The highest BCUT2D eigenvalue weighted by Gasteiger charge is 2.25.